The fourth-order valence-electron chi connectivity index (χ4n) is 4.66. The molecule has 0 radical (unpaired) electrons. The van der Waals surface area contributed by atoms with Crippen LogP contribution in [0, 0.1) is 34.0 Å². The Morgan fingerprint density at radius 1 is 0.870 bits per heavy atom. The molecular formula is C18H28ClNO3. The Bertz CT molecular complexity index is 508. The number of piperidine rings is 1. The maximum Gasteiger partial charge on any atom is 0.233 e. The van der Waals surface area contributed by atoms with Crippen molar-refractivity contribution in [3.05, 3.63) is 0 Å². The van der Waals surface area contributed by atoms with Crippen LogP contribution in [0.4, 0.5) is 0 Å². The second kappa shape index (κ2) is 5.58. The Kier molecular flexibility index (Phi) is 4.47. The standard InChI is InChI=1S/C18H28ClNO3/c1-10(2)16(13(19)21)7-17(11(3)4)9-18(8-16,12(5)6)15(23)20-14(17)22/h10-12H,7-9H2,1-6H3,(H,20,22,23). The molecule has 4 nitrogen and oxygen atoms in total. The lowest BCUT2D eigenvalue weighted by Crippen LogP contribution is -2.68. The van der Waals surface area contributed by atoms with Gasteiger partial charge in [-0.25, -0.2) is 0 Å². The first-order valence-corrected chi connectivity index (χ1v) is 8.88. The normalized spacial score (nSPS) is 37.5. The molecule has 0 aromatic carbocycles. The third-order valence-corrected chi connectivity index (χ3v) is 7.11. The van der Waals surface area contributed by atoms with Crippen LogP contribution in [0.25, 0.3) is 0 Å². The van der Waals surface area contributed by atoms with Gasteiger partial charge in [0.05, 0.1) is 10.8 Å². The molecule has 2 rings (SSSR count). The van der Waals surface area contributed by atoms with Crippen molar-refractivity contribution in [1.29, 1.82) is 0 Å². The van der Waals surface area contributed by atoms with Crippen LogP contribution >= 0.6 is 11.6 Å². The number of carbonyl (C=O) groups excluding carboxylic acids is 3. The monoisotopic (exact) mass is 341 g/mol. The molecule has 0 aromatic rings. The number of fused-ring (bicyclic) bond motifs is 2. The highest BCUT2D eigenvalue weighted by Crippen LogP contribution is 2.64. The van der Waals surface area contributed by atoms with Gasteiger partial charge in [-0.2, -0.15) is 0 Å². The summed E-state index contributed by atoms with van der Waals surface area (Å²) in [5.41, 5.74) is -2.27. The number of carbonyl (C=O) groups is 3. The Morgan fingerprint density at radius 3 is 1.52 bits per heavy atom. The molecule has 1 aliphatic heterocycles. The summed E-state index contributed by atoms with van der Waals surface area (Å²) in [6, 6.07) is 0. The average molecular weight is 342 g/mol. The number of halogens is 1. The van der Waals surface area contributed by atoms with E-state index in [2.05, 4.69) is 5.32 Å². The van der Waals surface area contributed by atoms with E-state index in [1.807, 2.05) is 41.5 Å². The average Bonchev–Trinajstić information content (AvgIpc) is 2.43. The van der Waals surface area contributed by atoms with Gasteiger partial charge < -0.3 is 0 Å². The second-order valence-corrected chi connectivity index (χ2v) is 8.86. The predicted molar refractivity (Wildman–Crippen MR) is 89.7 cm³/mol. The zero-order valence-electron chi connectivity index (χ0n) is 15.0. The minimum atomic E-state index is -0.832. The van der Waals surface area contributed by atoms with Gasteiger partial charge in [-0.1, -0.05) is 41.5 Å². The van der Waals surface area contributed by atoms with E-state index < -0.39 is 21.5 Å². The number of hydrogen-bond donors (Lipinski definition) is 1. The molecule has 2 atom stereocenters. The molecule has 1 N–H and O–H groups in total. The SMILES string of the molecule is CC(C)C1(C(=O)Cl)CC2(C(C)C)CC(C(C)C)(C1)C(=O)NC2=O. The summed E-state index contributed by atoms with van der Waals surface area (Å²) < 4.78 is 0. The first-order chi connectivity index (χ1) is 10.4. The molecule has 1 saturated heterocycles. The number of nitrogens with one attached hydrogen (secondary N) is 1. The minimum absolute atomic E-state index is 0.0252. The lowest BCUT2D eigenvalue weighted by Gasteiger charge is -2.60. The quantitative estimate of drug-likeness (QED) is 0.628. The molecule has 1 aliphatic carbocycles. The van der Waals surface area contributed by atoms with Gasteiger partial charge in [0.15, 0.2) is 0 Å². The topological polar surface area (TPSA) is 63.2 Å². The van der Waals surface area contributed by atoms with E-state index in [1.54, 1.807) is 0 Å². The molecule has 2 fully saturated rings. The van der Waals surface area contributed by atoms with Gasteiger partial charge in [-0.3, -0.25) is 19.7 Å². The molecule has 1 saturated carbocycles. The van der Waals surface area contributed by atoms with Crippen LogP contribution in [0.3, 0.4) is 0 Å². The predicted octanol–water partition coefficient (Wildman–Crippen LogP) is 3.52. The van der Waals surface area contributed by atoms with Crippen molar-refractivity contribution >= 4 is 28.7 Å². The largest absolute Gasteiger partial charge is 0.295 e. The van der Waals surface area contributed by atoms with Gasteiger partial charge in [0.25, 0.3) is 0 Å². The first kappa shape index (κ1) is 18.4. The molecular weight excluding hydrogens is 314 g/mol. The molecule has 2 aliphatic rings. The highest BCUT2D eigenvalue weighted by molar-refractivity contribution is 6.64. The Hall–Kier alpha value is -0.900. The summed E-state index contributed by atoms with van der Waals surface area (Å²) in [5, 5.41) is 2.20. The number of amides is 2. The second-order valence-electron chi connectivity index (χ2n) is 8.52. The van der Waals surface area contributed by atoms with E-state index in [9.17, 15) is 14.4 Å². The molecule has 2 amide bonds. The third kappa shape index (κ3) is 2.36. The fraction of sp³-hybridized carbons (Fsp3) is 0.833. The zero-order valence-corrected chi connectivity index (χ0v) is 15.7. The summed E-state index contributed by atoms with van der Waals surface area (Å²) >= 11 is 6.07. The first-order valence-electron chi connectivity index (χ1n) is 8.50. The van der Waals surface area contributed by atoms with Crippen LogP contribution in [0.5, 0.6) is 0 Å². The maximum atomic E-state index is 12.8. The number of rotatable bonds is 4. The fourth-order valence-corrected chi connectivity index (χ4v) is 5.02. The molecule has 2 bridgehead atoms. The van der Waals surface area contributed by atoms with Gasteiger partial charge in [0, 0.05) is 5.41 Å². The van der Waals surface area contributed by atoms with Gasteiger partial charge in [0.1, 0.15) is 0 Å². The van der Waals surface area contributed by atoms with E-state index in [0.29, 0.717) is 19.3 Å². The van der Waals surface area contributed by atoms with Crippen LogP contribution in [-0.2, 0) is 14.4 Å². The summed E-state index contributed by atoms with van der Waals surface area (Å²) in [5.74, 6) is -0.443. The highest BCUT2D eigenvalue weighted by atomic mass is 35.5. The van der Waals surface area contributed by atoms with Crippen molar-refractivity contribution in [3.63, 3.8) is 0 Å². The van der Waals surface area contributed by atoms with Gasteiger partial charge in [-0.05, 0) is 48.6 Å². The molecule has 5 heteroatoms. The molecule has 130 valence electrons. The smallest absolute Gasteiger partial charge is 0.233 e. The Morgan fingerprint density at radius 2 is 1.26 bits per heavy atom. The summed E-state index contributed by atoms with van der Waals surface area (Å²) in [6.45, 7) is 11.9. The summed E-state index contributed by atoms with van der Waals surface area (Å²) in [4.78, 5) is 38.0. The number of imide groups is 1. The molecule has 23 heavy (non-hydrogen) atoms. The van der Waals surface area contributed by atoms with Gasteiger partial charge >= 0.3 is 0 Å². The van der Waals surface area contributed by atoms with E-state index in [1.165, 1.54) is 0 Å². The van der Waals surface area contributed by atoms with Gasteiger partial charge in [0.2, 0.25) is 17.1 Å². The Balaban J connectivity index is 2.73. The van der Waals surface area contributed by atoms with Gasteiger partial charge in [-0.15, -0.1) is 0 Å². The molecule has 2 unspecified atom stereocenters. The molecule has 0 aromatic heterocycles. The summed E-state index contributed by atoms with van der Waals surface area (Å²) in [7, 11) is 0. The van der Waals surface area contributed by atoms with Crippen molar-refractivity contribution in [1.82, 2.24) is 5.32 Å². The highest BCUT2D eigenvalue weighted by Gasteiger charge is 2.67. The molecule has 1 heterocycles. The van der Waals surface area contributed by atoms with Crippen molar-refractivity contribution < 1.29 is 14.4 Å². The summed E-state index contributed by atoms with van der Waals surface area (Å²) in [6.07, 6.45) is 1.36. The number of hydrogen-bond acceptors (Lipinski definition) is 3. The van der Waals surface area contributed by atoms with Crippen LogP contribution in [0.15, 0.2) is 0 Å². The molecule has 0 spiro atoms. The third-order valence-electron chi connectivity index (χ3n) is 6.73. The Labute approximate surface area is 143 Å². The van der Waals surface area contributed by atoms with Crippen molar-refractivity contribution in [2.45, 2.75) is 60.8 Å². The van der Waals surface area contributed by atoms with Crippen molar-refractivity contribution in [3.8, 4) is 0 Å². The van der Waals surface area contributed by atoms with Crippen LogP contribution in [0.1, 0.15) is 60.8 Å². The van der Waals surface area contributed by atoms with E-state index in [-0.39, 0.29) is 29.6 Å². The van der Waals surface area contributed by atoms with E-state index >= 15 is 0 Å². The van der Waals surface area contributed by atoms with Crippen molar-refractivity contribution in [2.24, 2.45) is 34.0 Å². The zero-order chi connectivity index (χ0) is 17.8. The van der Waals surface area contributed by atoms with Crippen LogP contribution in [0.2, 0.25) is 0 Å². The maximum absolute atomic E-state index is 12.8. The van der Waals surface area contributed by atoms with Crippen LogP contribution in [-0.4, -0.2) is 17.1 Å². The van der Waals surface area contributed by atoms with Crippen molar-refractivity contribution in [2.75, 3.05) is 0 Å². The minimum Gasteiger partial charge on any atom is -0.295 e. The van der Waals surface area contributed by atoms with Crippen LogP contribution < -0.4 is 5.32 Å². The lowest BCUT2D eigenvalue weighted by atomic mass is 9.44. The van der Waals surface area contributed by atoms with E-state index in [0.717, 1.165) is 0 Å². The lowest BCUT2D eigenvalue weighted by molar-refractivity contribution is -0.178. The van der Waals surface area contributed by atoms with E-state index in [4.69, 9.17) is 11.6 Å².